The lowest BCUT2D eigenvalue weighted by Crippen LogP contribution is -2.24. The quantitative estimate of drug-likeness (QED) is 0.320. The van der Waals surface area contributed by atoms with Gasteiger partial charge in [-0.15, -0.1) is 0 Å². The molecule has 0 fully saturated rings. The van der Waals surface area contributed by atoms with E-state index in [-0.39, 0.29) is 5.69 Å². The van der Waals surface area contributed by atoms with E-state index in [0.29, 0.717) is 23.6 Å². The SMILES string of the molecule is CCOc1ccc(NC(=O)CC(=O)NN=Cc2ccc([N+](=O)[O-])cc2)cc1. The monoisotopic (exact) mass is 370 g/mol. The van der Waals surface area contributed by atoms with Crippen LogP contribution < -0.4 is 15.5 Å². The molecule has 0 aliphatic heterocycles. The van der Waals surface area contributed by atoms with Gasteiger partial charge in [0.25, 0.3) is 5.69 Å². The van der Waals surface area contributed by atoms with E-state index in [9.17, 15) is 19.7 Å². The number of hydrazone groups is 1. The lowest BCUT2D eigenvalue weighted by Gasteiger charge is -2.06. The molecule has 0 saturated heterocycles. The standard InChI is InChI=1S/C18H18N4O5/c1-2-27-16-9-5-14(6-10-16)20-17(23)11-18(24)21-19-12-13-3-7-15(8-4-13)22(25)26/h3-10,12H,2,11H2,1H3,(H,20,23)(H,21,24). The number of carbonyl (C=O) groups is 2. The predicted octanol–water partition coefficient (Wildman–Crippen LogP) is 2.47. The molecular weight excluding hydrogens is 352 g/mol. The van der Waals surface area contributed by atoms with E-state index in [1.807, 2.05) is 6.92 Å². The van der Waals surface area contributed by atoms with Gasteiger partial charge in [0, 0.05) is 17.8 Å². The molecule has 0 saturated carbocycles. The zero-order chi connectivity index (χ0) is 19.6. The maximum atomic E-state index is 11.8. The van der Waals surface area contributed by atoms with Crippen LogP contribution in [0.15, 0.2) is 53.6 Å². The number of carbonyl (C=O) groups excluding carboxylic acids is 2. The lowest BCUT2D eigenvalue weighted by molar-refractivity contribution is -0.384. The van der Waals surface area contributed by atoms with Crippen molar-refractivity contribution in [1.82, 2.24) is 5.43 Å². The molecule has 2 aromatic rings. The molecule has 140 valence electrons. The summed E-state index contributed by atoms with van der Waals surface area (Å²) in [6.45, 7) is 2.42. The number of amides is 2. The first kappa shape index (κ1) is 19.6. The zero-order valence-corrected chi connectivity index (χ0v) is 14.5. The van der Waals surface area contributed by atoms with Crippen LogP contribution >= 0.6 is 0 Å². The van der Waals surface area contributed by atoms with Crippen molar-refractivity contribution in [3.05, 3.63) is 64.2 Å². The Hall–Kier alpha value is -3.75. The second-order valence-electron chi connectivity index (χ2n) is 5.32. The maximum absolute atomic E-state index is 11.8. The van der Waals surface area contributed by atoms with E-state index in [0.717, 1.165) is 0 Å². The molecule has 27 heavy (non-hydrogen) atoms. The number of anilines is 1. The van der Waals surface area contributed by atoms with Crippen LogP contribution in [-0.2, 0) is 9.59 Å². The van der Waals surface area contributed by atoms with E-state index in [4.69, 9.17) is 4.74 Å². The number of nitrogens with one attached hydrogen (secondary N) is 2. The smallest absolute Gasteiger partial charge is 0.269 e. The van der Waals surface area contributed by atoms with Crippen molar-refractivity contribution in [3.8, 4) is 5.75 Å². The number of nitrogens with zero attached hydrogens (tertiary/aromatic N) is 2. The van der Waals surface area contributed by atoms with Crippen molar-refractivity contribution in [2.24, 2.45) is 5.10 Å². The molecule has 0 aromatic heterocycles. The van der Waals surface area contributed by atoms with E-state index in [2.05, 4.69) is 15.8 Å². The Morgan fingerprint density at radius 3 is 2.37 bits per heavy atom. The lowest BCUT2D eigenvalue weighted by atomic mass is 10.2. The van der Waals surface area contributed by atoms with Gasteiger partial charge in [0.05, 0.1) is 17.7 Å². The van der Waals surface area contributed by atoms with Crippen molar-refractivity contribution in [2.75, 3.05) is 11.9 Å². The summed E-state index contributed by atoms with van der Waals surface area (Å²) in [6.07, 6.45) is 0.927. The summed E-state index contributed by atoms with van der Waals surface area (Å²) in [7, 11) is 0. The fraction of sp³-hybridized carbons (Fsp3) is 0.167. The fourth-order valence-electron chi connectivity index (χ4n) is 2.05. The van der Waals surface area contributed by atoms with Gasteiger partial charge in [-0.2, -0.15) is 5.10 Å². The molecule has 2 rings (SSSR count). The minimum absolute atomic E-state index is 0.0397. The highest BCUT2D eigenvalue weighted by molar-refractivity contribution is 6.03. The van der Waals surface area contributed by atoms with Crippen molar-refractivity contribution in [2.45, 2.75) is 13.3 Å². The minimum atomic E-state index is -0.586. The summed E-state index contributed by atoms with van der Waals surface area (Å²) in [4.78, 5) is 33.6. The van der Waals surface area contributed by atoms with Crippen molar-refractivity contribution < 1.29 is 19.2 Å². The number of nitro benzene ring substituents is 1. The van der Waals surface area contributed by atoms with Gasteiger partial charge in [0.15, 0.2) is 0 Å². The minimum Gasteiger partial charge on any atom is -0.494 e. The summed E-state index contributed by atoms with van der Waals surface area (Å²) < 4.78 is 5.30. The van der Waals surface area contributed by atoms with Crippen LogP contribution in [0.25, 0.3) is 0 Å². The Labute approximate surface area is 155 Å². The molecule has 0 spiro atoms. The number of benzene rings is 2. The second-order valence-corrected chi connectivity index (χ2v) is 5.32. The summed E-state index contributed by atoms with van der Waals surface area (Å²) >= 11 is 0. The summed E-state index contributed by atoms with van der Waals surface area (Å²) in [5, 5.41) is 16.9. The summed E-state index contributed by atoms with van der Waals surface area (Å²) in [6, 6.07) is 12.4. The first-order chi connectivity index (χ1) is 13.0. The Kier molecular flexibility index (Phi) is 7.00. The third kappa shape index (κ3) is 6.58. The normalized spacial score (nSPS) is 10.4. The van der Waals surface area contributed by atoms with E-state index in [1.165, 1.54) is 30.5 Å². The highest BCUT2D eigenvalue weighted by atomic mass is 16.6. The molecular formula is C18H18N4O5. The second kappa shape index (κ2) is 9.66. The third-order valence-electron chi connectivity index (χ3n) is 3.28. The molecule has 0 radical (unpaired) electrons. The van der Waals surface area contributed by atoms with Crippen molar-refractivity contribution >= 4 is 29.4 Å². The van der Waals surface area contributed by atoms with Crippen LogP contribution in [0, 0.1) is 10.1 Å². The zero-order valence-electron chi connectivity index (χ0n) is 14.5. The van der Waals surface area contributed by atoms with Gasteiger partial charge in [-0.1, -0.05) is 0 Å². The third-order valence-corrected chi connectivity index (χ3v) is 3.28. The Bertz CT molecular complexity index is 832. The first-order valence-corrected chi connectivity index (χ1v) is 8.07. The van der Waals surface area contributed by atoms with E-state index < -0.39 is 23.2 Å². The van der Waals surface area contributed by atoms with Crippen molar-refractivity contribution in [3.63, 3.8) is 0 Å². The van der Waals surface area contributed by atoms with Gasteiger partial charge in [-0.25, -0.2) is 5.43 Å². The molecule has 0 unspecified atom stereocenters. The molecule has 2 N–H and O–H groups in total. The first-order valence-electron chi connectivity index (χ1n) is 8.07. The van der Waals surface area contributed by atoms with Crippen LogP contribution in [0.1, 0.15) is 18.9 Å². The average molecular weight is 370 g/mol. The topological polar surface area (TPSA) is 123 Å². The van der Waals surface area contributed by atoms with Crippen LogP contribution in [0.5, 0.6) is 5.75 Å². The summed E-state index contributed by atoms with van der Waals surface area (Å²) in [5.74, 6) is -0.382. The number of hydrogen-bond acceptors (Lipinski definition) is 6. The average Bonchev–Trinajstić information content (AvgIpc) is 2.64. The Morgan fingerprint density at radius 2 is 1.78 bits per heavy atom. The molecule has 0 aliphatic rings. The molecule has 2 amide bonds. The molecule has 2 aromatic carbocycles. The molecule has 9 heteroatoms. The number of ether oxygens (including phenoxy) is 1. The van der Waals surface area contributed by atoms with Gasteiger partial charge in [0.2, 0.25) is 11.8 Å². The van der Waals surface area contributed by atoms with E-state index in [1.54, 1.807) is 24.3 Å². The van der Waals surface area contributed by atoms with E-state index >= 15 is 0 Å². The molecule has 9 nitrogen and oxygen atoms in total. The highest BCUT2D eigenvalue weighted by Crippen LogP contribution is 2.15. The molecule has 0 atom stereocenters. The summed E-state index contributed by atoms with van der Waals surface area (Å²) in [5.41, 5.74) is 3.30. The Morgan fingerprint density at radius 1 is 1.11 bits per heavy atom. The molecule has 0 heterocycles. The highest BCUT2D eigenvalue weighted by Gasteiger charge is 2.09. The number of nitro groups is 1. The van der Waals surface area contributed by atoms with Gasteiger partial charge < -0.3 is 10.1 Å². The molecule has 0 bridgehead atoms. The van der Waals surface area contributed by atoms with Gasteiger partial charge >= 0.3 is 0 Å². The van der Waals surface area contributed by atoms with Gasteiger partial charge in [-0.3, -0.25) is 19.7 Å². The van der Waals surface area contributed by atoms with Crippen LogP contribution in [0.2, 0.25) is 0 Å². The van der Waals surface area contributed by atoms with Crippen molar-refractivity contribution in [1.29, 1.82) is 0 Å². The number of non-ortho nitro benzene ring substituents is 1. The maximum Gasteiger partial charge on any atom is 0.269 e. The predicted molar refractivity (Wildman–Crippen MR) is 99.7 cm³/mol. The van der Waals surface area contributed by atoms with Gasteiger partial charge in [0.1, 0.15) is 12.2 Å². The van der Waals surface area contributed by atoms with Crippen LogP contribution in [0.4, 0.5) is 11.4 Å². The molecule has 0 aliphatic carbocycles. The van der Waals surface area contributed by atoms with Crippen LogP contribution in [0.3, 0.4) is 0 Å². The van der Waals surface area contributed by atoms with Gasteiger partial charge in [-0.05, 0) is 48.9 Å². The largest absolute Gasteiger partial charge is 0.494 e. The fourth-order valence-corrected chi connectivity index (χ4v) is 2.05. The number of rotatable bonds is 8. The number of hydrogen-bond donors (Lipinski definition) is 2. The Balaban J connectivity index is 1.78. The van der Waals surface area contributed by atoms with Crippen LogP contribution in [-0.4, -0.2) is 29.6 Å².